The van der Waals surface area contributed by atoms with E-state index in [1.54, 1.807) is 6.20 Å². The Labute approximate surface area is 130 Å². The van der Waals surface area contributed by atoms with E-state index in [1.165, 1.54) is 31.2 Å². The van der Waals surface area contributed by atoms with Crippen LogP contribution in [0.2, 0.25) is 5.02 Å². The quantitative estimate of drug-likeness (QED) is 0.823. The summed E-state index contributed by atoms with van der Waals surface area (Å²) in [6, 6.07) is 6.16. The van der Waals surface area contributed by atoms with Crippen molar-refractivity contribution in [3.63, 3.8) is 0 Å². The highest BCUT2D eigenvalue weighted by molar-refractivity contribution is 6.31. The van der Waals surface area contributed by atoms with Crippen molar-refractivity contribution >= 4 is 17.5 Å². The molecular formula is C17H21ClN2O. The predicted octanol–water partition coefficient (Wildman–Crippen LogP) is 5.26. The summed E-state index contributed by atoms with van der Waals surface area (Å²) in [4.78, 5) is 0. The molecule has 1 heterocycles. The van der Waals surface area contributed by atoms with Gasteiger partial charge in [0.25, 0.3) is 0 Å². The maximum absolute atomic E-state index is 6.51. The van der Waals surface area contributed by atoms with Gasteiger partial charge in [0.1, 0.15) is 0 Å². The molecule has 0 amide bonds. The third-order valence-electron chi connectivity index (χ3n) is 4.69. The van der Waals surface area contributed by atoms with E-state index in [1.807, 2.05) is 6.07 Å². The molecule has 0 aliphatic heterocycles. The van der Waals surface area contributed by atoms with Gasteiger partial charge in [-0.05, 0) is 54.2 Å². The first kappa shape index (κ1) is 14.5. The summed E-state index contributed by atoms with van der Waals surface area (Å²) in [5.74, 6) is 0.901. The summed E-state index contributed by atoms with van der Waals surface area (Å²) in [6.07, 6.45) is 6.56. The highest BCUT2D eigenvalue weighted by Gasteiger charge is 2.28. The number of benzene rings is 1. The van der Waals surface area contributed by atoms with Crippen molar-refractivity contribution in [2.75, 3.05) is 5.73 Å². The lowest BCUT2D eigenvalue weighted by atomic mass is 9.71. The average molecular weight is 305 g/mol. The minimum Gasteiger partial charge on any atom is -0.367 e. The van der Waals surface area contributed by atoms with Crippen LogP contribution < -0.4 is 5.73 Å². The SMILES string of the molecule is CC1(C)CCC(c2ccc(-c3cnoc3N)cc2Cl)CC1. The molecular weight excluding hydrogens is 284 g/mol. The molecule has 112 valence electrons. The van der Waals surface area contributed by atoms with E-state index in [-0.39, 0.29) is 0 Å². The third kappa shape index (κ3) is 2.93. The van der Waals surface area contributed by atoms with Gasteiger partial charge in [0.2, 0.25) is 5.88 Å². The smallest absolute Gasteiger partial charge is 0.229 e. The summed E-state index contributed by atoms with van der Waals surface area (Å²) >= 11 is 6.51. The summed E-state index contributed by atoms with van der Waals surface area (Å²) in [6.45, 7) is 4.70. The van der Waals surface area contributed by atoms with Crippen LogP contribution in [-0.4, -0.2) is 5.16 Å². The molecule has 3 rings (SSSR count). The highest BCUT2D eigenvalue weighted by atomic mass is 35.5. The van der Waals surface area contributed by atoms with Crippen LogP contribution in [0.4, 0.5) is 5.88 Å². The number of aromatic nitrogens is 1. The van der Waals surface area contributed by atoms with E-state index in [0.29, 0.717) is 17.2 Å². The molecule has 1 aromatic heterocycles. The number of rotatable bonds is 2. The Balaban J connectivity index is 1.84. The second-order valence-electron chi connectivity index (χ2n) is 6.78. The van der Waals surface area contributed by atoms with Crippen molar-refractivity contribution in [2.45, 2.75) is 45.4 Å². The van der Waals surface area contributed by atoms with Crippen molar-refractivity contribution in [3.8, 4) is 11.1 Å². The van der Waals surface area contributed by atoms with E-state index >= 15 is 0 Å². The number of nitrogen functional groups attached to an aromatic ring is 1. The molecule has 3 nitrogen and oxygen atoms in total. The fourth-order valence-electron chi connectivity index (χ4n) is 3.20. The van der Waals surface area contributed by atoms with Crippen molar-refractivity contribution in [1.29, 1.82) is 0 Å². The van der Waals surface area contributed by atoms with E-state index in [2.05, 4.69) is 31.1 Å². The first-order chi connectivity index (χ1) is 9.96. The zero-order valence-corrected chi connectivity index (χ0v) is 13.3. The molecule has 2 aromatic rings. The van der Waals surface area contributed by atoms with Gasteiger partial charge in [0.05, 0.1) is 11.8 Å². The van der Waals surface area contributed by atoms with Gasteiger partial charge in [0.15, 0.2) is 0 Å². The number of hydrogen-bond acceptors (Lipinski definition) is 3. The summed E-state index contributed by atoms with van der Waals surface area (Å²) in [7, 11) is 0. The van der Waals surface area contributed by atoms with Crippen LogP contribution in [0.25, 0.3) is 11.1 Å². The number of nitrogens with zero attached hydrogens (tertiary/aromatic N) is 1. The molecule has 0 spiro atoms. The van der Waals surface area contributed by atoms with Crippen molar-refractivity contribution in [2.24, 2.45) is 5.41 Å². The van der Waals surface area contributed by atoms with Crippen molar-refractivity contribution < 1.29 is 4.52 Å². The lowest BCUT2D eigenvalue weighted by molar-refractivity contribution is 0.224. The Morgan fingerprint density at radius 3 is 2.57 bits per heavy atom. The topological polar surface area (TPSA) is 52.0 Å². The first-order valence-electron chi connectivity index (χ1n) is 7.46. The van der Waals surface area contributed by atoms with Gasteiger partial charge in [-0.2, -0.15) is 0 Å². The van der Waals surface area contributed by atoms with Gasteiger partial charge in [-0.3, -0.25) is 0 Å². The van der Waals surface area contributed by atoms with Gasteiger partial charge in [0, 0.05) is 5.02 Å². The normalized spacial score (nSPS) is 18.8. The van der Waals surface area contributed by atoms with E-state index in [9.17, 15) is 0 Å². The monoisotopic (exact) mass is 304 g/mol. The molecule has 1 fully saturated rings. The average Bonchev–Trinajstić information content (AvgIpc) is 2.85. The van der Waals surface area contributed by atoms with E-state index in [4.69, 9.17) is 21.9 Å². The fourth-order valence-corrected chi connectivity index (χ4v) is 3.54. The van der Waals surface area contributed by atoms with Crippen LogP contribution in [0.15, 0.2) is 28.9 Å². The Morgan fingerprint density at radius 2 is 2.00 bits per heavy atom. The maximum Gasteiger partial charge on any atom is 0.229 e. The lowest BCUT2D eigenvalue weighted by Gasteiger charge is -2.34. The second kappa shape index (κ2) is 5.38. The number of nitrogens with two attached hydrogens (primary N) is 1. The van der Waals surface area contributed by atoms with Gasteiger partial charge in [-0.1, -0.05) is 42.7 Å². The molecule has 4 heteroatoms. The van der Waals surface area contributed by atoms with Crippen molar-refractivity contribution in [1.82, 2.24) is 5.16 Å². The molecule has 0 bridgehead atoms. The molecule has 0 atom stereocenters. The van der Waals surface area contributed by atoms with Gasteiger partial charge in [-0.15, -0.1) is 0 Å². The largest absolute Gasteiger partial charge is 0.367 e. The highest BCUT2D eigenvalue weighted by Crippen LogP contribution is 2.44. The van der Waals surface area contributed by atoms with Crippen LogP contribution in [0.5, 0.6) is 0 Å². The molecule has 0 unspecified atom stereocenters. The van der Waals surface area contributed by atoms with Gasteiger partial charge >= 0.3 is 0 Å². The Hall–Kier alpha value is -1.48. The second-order valence-corrected chi connectivity index (χ2v) is 7.19. The Bertz CT molecular complexity index is 638. The summed E-state index contributed by atoms with van der Waals surface area (Å²) in [5.41, 5.74) is 9.25. The zero-order valence-electron chi connectivity index (χ0n) is 12.5. The molecule has 0 radical (unpaired) electrons. The van der Waals surface area contributed by atoms with E-state index in [0.717, 1.165) is 16.1 Å². The summed E-state index contributed by atoms with van der Waals surface area (Å²) in [5, 5.41) is 4.53. The first-order valence-corrected chi connectivity index (χ1v) is 7.84. The molecule has 1 aliphatic carbocycles. The van der Waals surface area contributed by atoms with Crippen LogP contribution in [0.3, 0.4) is 0 Å². The fraction of sp³-hybridized carbons (Fsp3) is 0.471. The minimum absolute atomic E-state index is 0.332. The number of hydrogen-bond donors (Lipinski definition) is 1. The Morgan fingerprint density at radius 1 is 1.29 bits per heavy atom. The van der Waals surface area contributed by atoms with Crippen molar-refractivity contribution in [3.05, 3.63) is 35.0 Å². The molecule has 1 aromatic carbocycles. The molecule has 2 N–H and O–H groups in total. The van der Waals surface area contributed by atoms with Crippen LogP contribution in [0, 0.1) is 5.41 Å². The standard InChI is InChI=1S/C17H21ClN2O/c1-17(2)7-5-11(6-8-17)13-4-3-12(9-15(13)18)14-10-20-21-16(14)19/h3-4,9-11H,5-8,19H2,1-2H3. The van der Waals surface area contributed by atoms with Crippen LogP contribution >= 0.6 is 11.6 Å². The van der Waals surface area contributed by atoms with Gasteiger partial charge < -0.3 is 10.3 Å². The molecule has 21 heavy (non-hydrogen) atoms. The van der Waals surface area contributed by atoms with Crippen LogP contribution in [-0.2, 0) is 0 Å². The summed E-state index contributed by atoms with van der Waals surface area (Å²) < 4.78 is 4.91. The number of anilines is 1. The third-order valence-corrected chi connectivity index (χ3v) is 5.02. The number of halogens is 1. The predicted molar refractivity (Wildman–Crippen MR) is 86.4 cm³/mol. The Kier molecular flexibility index (Phi) is 3.70. The minimum atomic E-state index is 0.332. The molecule has 1 saturated carbocycles. The lowest BCUT2D eigenvalue weighted by Crippen LogP contribution is -2.20. The maximum atomic E-state index is 6.51. The molecule has 1 aliphatic rings. The van der Waals surface area contributed by atoms with E-state index < -0.39 is 0 Å². The van der Waals surface area contributed by atoms with Crippen LogP contribution in [0.1, 0.15) is 51.0 Å². The zero-order chi connectivity index (χ0) is 15.0. The van der Waals surface area contributed by atoms with Gasteiger partial charge in [-0.25, -0.2) is 0 Å². The molecule has 0 saturated heterocycles.